The maximum Gasteiger partial charge on any atom is 0.250 e. The van der Waals surface area contributed by atoms with Gasteiger partial charge in [-0.2, -0.15) is 0 Å². The van der Waals surface area contributed by atoms with Crippen LogP contribution in [0.4, 0.5) is 0 Å². The minimum absolute atomic E-state index is 0.119. The number of carbonyl (C=O) groups is 1. The van der Waals surface area contributed by atoms with Crippen LogP contribution in [0, 0.1) is 0 Å². The average Bonchev–Trinajstić information content (AvgIpc) is 2.77. The summed E-state index contributed by atoms with van der Waals surface area (Å²) in [5.41, 5.74) is 4.78. The van der Waals surface area contributed by atoms with Crippen LogP contribution in [0.5, 0.6) is 11.5 Å². The second-order valence-corrected chi connectivity index (χ2v) is 6.61. The summed E-state index contributed by atoms with van der Waals surface area (Å²) in [5.74, 6) is 1.47. The molecule has 1 aliphatic heterocycles. The molecular weight excluding hydrogens is 350 g/mol. The Morgan fingerprint density at radius 2 is 1.79 bits per heavy atom. The molecule has 140 valence electrons. The maximum atomic E-state index is 12.6. The first kappa shape index (κ1) is 17.9. The van der Waals surface area contributed by atoms with Gasteiger partial charge in [-0.3, -0.25) is 4.79 Å². The van der Waals surface area contributed by atoms with Crippen LogP contribution in [-0.4, -0.2) is 19.6 Å². The summed E-state index contributed by atoms with van der Waals surface area (Å²) < 4.78 is 10.9. The number of amides is 1. The Bertz CT molecular complexity index is 1010. The van der Waals surface area contributed by atoms with Crippen LogP contribution in [-0.2, 0) is 11.3 Å². The number of methoxy groups -OCH3 is 1. The molecule has 3 aromatic rings. The fraction of sp³-hybridized carbons (Fsp3) is 0.125. The van der Waals surface area contributed by atoms with Gasteiger partial charge < -0.3 is 14.8 Å². The third kappa shape index (κ3) is 3.91. The van der Waals surface area contributed by atoms with Crippen molar-refractivity contribution >= 4 is 12.0 Å². The van der Waals surface area contributed by atoms with Gasteiger partial charge in [-0.25, -0.2) is 0 Å². The molecule has 0 saturated heterocycles. The summed E-state index contributed by atoms with van der Waals surface area (Å²) in [5, 5.41) is 2.96. The van der Waals surface area contributed by atoms with Crippen LogP contribution in [0.15, 0.2) is 78.4 Å². The van der Waals surface area contributed by atoms with Crippen LogP contribution in [0.2, 0.25) is 0 Å². The van der Waals surface area contributed by atoms with E-state index in [1.54, 1.807) is 7.11 Å². The Balaban J connectivity index is 1.48. The molecule has 1 amide bonds. The van der Waals surface area contributed by atoms with Gasteiger partial charge in [-0.05, 0) is 47.0 Å². The van der Waals surface area contributed by atoms with E-state index in [1.165, 1.54) is 0 Å². The summed E-state index contributed by atoms with van der Waals surface area (Å²) in [6, 6.07) is 23.8. The molecule has 0 radical (unpaired) electrons. The number of fused-ring (bicyclic) bond motifs is 1. The summed E-state index contributed by atoms with van der Waals surface area (Å²) in [4.78, 5) is 12.6. The Morgan fingerprint density at radius 3 is 2.54 bits per heavy atom. The maximum absolute atomic E-state index is 12.6. The van der Waals surface area contributed by atoms with Gasteiger partial charge in [0.2, 0.25) is 0 Å². The molecule has 1 heterocycles. The largest absolute Gasteiger partial charge is 0.497 e. The van der Waals surface area contributed by atoms with E-state index in [1.807, 2.05) is 60.7 Å². The Labute approximate surface area is 164 Å². The summed E-state index contributed by atoms with van der Waals surface area (Å²) in [6.07, 6.45) is 1.91. The van der Waals surface area contributed by atoms with Crippen molar-refractivity contribution in [1.82, 2.24) is 5.32 Å². The van der Waals surface area contributed by atoms with Gasteiger partial charge in [0.25, 0.3) is 5.91 Å². The van der Waals surface area contributed by atoms with Crippen molar-refractivity contribution < 1.29 is 14.3 Å². The predicted molar refractivity (Wildman–Crippen MR) is 110 cm³/mol. The van der Waals surface area contributed by atoms with E-state index in [2.05, 4.69) is 23.5 Å². The molecule has 0 bridgehead atoms. The summed E-state index contributed by atoms with van der Waals surface area (Å²) in [7, 11) is 1.63. The van der Waals surface area contributed by atoms with E-state index in [4.69, 9.17) is 9.47 Å². The first-order chi connectivity index (χ1) is 13.7. The second kappa shape index (κ2) is 8.01. The zero-order valence-corrected chi connectivity index (χ0v) is 15.6. The second-order valence-electron chi connectivity index (χ2n) is 6.61. The number of hydrogen-bond acceptors (Lipinski definition) is 3. The van der Waals surface area contributed by atoms with E-state index in [0.29, 0.717) is 12.1 Å². The van der Waals surface area contributed by atoms with Crippen molar-refractivity contribution in [3.63, 3.8) is 0 Å². The van der Waals surface area contributed by atoms with E-state index < -0.39 is 0 Å². The highest BCUT2D eigenvalue weighted by Crippen LogP contribution is 2.31. The molecule has 0 aliphatic carbocycles. The number of nitrogens with one attached hydrogen (secondary N) is 1. The Morgan fingerprint density at radius 1 is 1.00 bits per heavy atom. The van der Waals surface area contributed by atoms with Crippen molar-refractivity contribution in [3.8, 4) is 22.6 Å². The minimum atomic E-state index is -0.119. The molecule has 3 aromatic carbocycles. The molecule has 1 aliphatic rings. The lowest BCUT2D eigenvalue weighted by molar-refractivity contribution is -0.117. The highest BCUT2D eigenvalue weighted by Gasteiger charge is 2.17. The fourth-order valence-electron chi connectivity index (χ4n) is 3.16. The van der Waals surface area contributed by atoms with Gasteiger partial charge in [-0.1, -0.05) is 48.5 Å². The van der Waals surface area contributed by atoms with Crippen molar-refractivity contribution in [1.29, 1.82) is 0 Å². The van der Waals surface area contributed by atoms with Crippen molar-refractivity contribution in [2.24, 2.45) is 0 Å². The van der Waals surface area contributed by atoms with Gasteiger partial charge in [-0.15, -0.1) is 0 Å². The van der Waals surface area contributed by atoms with Crippen LogP contribution in [0.25, 0.3) is 17.2 Å². The smallest absolute Gasteiger partial charge is 0.250 e. The van der Waals surface area contributed by atoms with Crippen molar-refractivity contribution in [3.05, 3.63) is 89.5 Å². The quantitative estimate of drug-likeness (QED) is 0.721. The van der Waals surface area contributed by atoms with Gasteiger partial charge in [0.05, 0.1) is 12.7 Å². The molecular formula is C24H21NO3. The molecule has 0 unspecified atom stereocenters. The van der Waals surface area contributed by atoms with E-state index >= 15 is 0 Å². The number of hydrogen-bond donors (Lipinski definition) is 1. The van der Waals surface area contributed by atoms with E-state index in [-0.39, 0.29) is 12.5 Å². The summed E-state index contributed by atoms with van der Waals surface area (Å²) in [6.45, 7) is 0.725. The lowest BCUT2D eigenvalue weighted by Gasteiger charge is -2.18. The average molecular weight is 371 g/mol. The summed E-state index contributed by atoms with van der Waals surface area (Å²) >= 11 is 0. The molecule has 0 fully saturated rings. The third-order valence-electron chi connectivity index (χ3n) is 4.73. The molecule has 4 heteroatoms. The third-order valence-corrected chi connectivity index (χ3v) is 4.73. The lowest BCUT2D eigenvalue weighted by Crippen LogP contribution is -2.28. The Hall–Kier alpha value is -3.53. The SMILES string of the molecule is COc1ccc(CNC(=O)C2=Cc3cc(-c4ccccc4)ccc3OC2)cc1. The highest BCUT2D eigenvalue weighted by atomic mass is 16.5. The lowest BCUT2D eigenvalue weighted by atomic mass is 10.00. The number of carbonyl (C=O) groups excluding carboxylic acids is 1. The first-order valence-electron chi connectivity index (χ1n) is 9.17. The standard InChI is InChI=1S/C24H21NO3/c1-27-22-10-7-17(8-11-22)15-25-24(26)21-14-20-13-19(9-12-23(20)28-16-21)18-5-3-2-4-6-18/h2-14H,15-16H2,1H3,(H,25,26). The van der Waals surface area contributed by atoms with Crippen LogP contribution < -0.4 is 14.8 Å². The van der Waals surface area contributed by atoms with Gasteiger partial charge >= 0.3 is 0 Å². The molecule has 0 saturated carbocycles. The molecule has 0 spiro atoms. The first-order valence-corrected chi connectivity index (χ1v) is 9.17. The van der Waals surface area contributed by atoms with Crippen molar-refractivity contribution in [2.75, 3.05) is 13.7 Å². The molecule has 28 heavy (non-hydrogen) atoms. The molecule has 4 rings (SSSR count). The van der Waals surface area contributed by atoms with Gasteiger partial charge in [0.1, 0.15) is 18.1 Å². The predicted octanol–water partition coefficient (Wildman–Crippen LogP) is 4.45. The zero-order chi connectivity index (χ0) is 19.3. The van der Waals surface area contributed by atoms with Crippen LogP contribution in [0.3, 0.4) is 0 Å². The highest BCUT2D eigenvalue weighted by molar-refractivity contribution is 5.99. The normalized spacial score (nSPS) is 12.4. The fourth-order valence-corrected chi connectivity index (χ4v) is 3.16. The topological polar surface area (TPSA) is 47.6 Å². The van der Waals surface area contributed by atoms with Gasteiger partial charge in [0, 0.05) is 12.1 Å². The minimum Gasteiger partial charge on any atom is -0.497 e. The number of rotatable bonds is 5. The molecule has 0 aromatic heterocycles. The monoisotopic (exact) mass is 371 g/mol. The van der Waals surface area contributed by atoms with Gasteiger partial charge in [0.15, 0.2) is 0 Å². The van der Waals surface area contributed by atoms with Crippen LogP contribution >= 0.6 is 0 Å². The number of benzene rings is 3. The number of ether oxygens (including phenoxy) is 2. The molecule has 1 N–H and O–H groups in total. The molecule has 4 nitrogen and oxygen atoms in total. The van der Waals surface area contributed by atoms with Crippen LogP contribution in [0.1, 0.15) is 11.1 Å². The Kier molecular flexibility index (Phi) is 5.11. The molecule has 0 atom stereocenters. The van der Waals surface area contributed by atoms with Crippen molar-refractivity contribution in [2.45, 2.75) is 6.54 Å². The van der Waals surface area contributed by atoms with E-state index in [0.717, 1.165) is 33.8 Å². The zero-order valence-electron chi connectivity index (χ0n) is 15.6. The van der Waals surface area contributed by atoms with E-state index in [9.17, 15) is 4.79 Å².